The molecule has 3 N–H and O–H groups in total. The maximum atomic E-state index is 11.6. The first-order valence-corrected chi connectivity index (χ1v) is 7.88. The number of piperidine rings is 1. The zero-order valence-electron chi connectivity index (χ0n) is 12.8. The second kappa shape index (κ2) is 9.32. The summed E-state index contributed by atoms with van der Waals surface area (Å²) >= 11 is 0. The standard InChI is InChI=1S/C15H31N3O/c1-4-12(2)18-15(19)8-10-16-13(3)11-14-7-5-6-9-17-14/h12-14,16-17H,4-11H2,1-3H3,(H,18,19). The maximum absolute atomic E-state index is 11.6. The van der Waals surface area contributed by atoms with Crippen LogP contribution in [0.25, 0.3) is 0 Å². The quantitative estimate of drug-likeness (QED) is 0.630. The highest BCUT2D eigenvalue weighted by molar-refractivity contribution is 5.76. The van der Waals surface area contributed by atoms with Gasteiger partial charge in [0.25, 0.3) is 0 Å². The van der Waals surface area contributed by atoms with E-state index >= 15 is 0 Å². The summed E-state index contributed by atoms with van der Waals surface area (Å²) in [6.07, 6.45) is 6.68. The second-order valence-corrected chi connectivity index (χ2v) is 5.86. The van der Waals surface area contributed by atoms with Crippen molar-refractivity contribution in [3.05, 3.63) is 0 Å². The Balaban J connectivity index is 2.06. The maximum Gasteiger partial charge on any atom is 0.221 e. The van der Waals surface area contributed by atoms with Gasteiger partial charge in [0.1, 0.15) is 0 Å². The average molecular weight is 269 g/mol. The van der Waals surface area contributed by atoms with Crippen molar-refractivity contribution in [3.8, 4) is 0 Å². The van der Waals surface area contributed by atoms with Crippen molar-refractivity contribution in [1.82, 2.24) is 16.0 Å². The summed E-state index contributed by atoms with van der Waals surface area (Å²) in [7, 11) is 0. The van der Waals surface area contributed by atoms with E-state index in [2.05, 4.69) is 29.8 Å². The molecule has 1 amide bonds. The number of hydrogen-bond donors (Lipinski definition) is 3. The molecule has 1 saturated heterocycles. The van der Waals surface area contributed by atoms with Crippen LogP contribution >= 0.6 is 0 Å². The Bertz CT molecular complexity index is 252. The van der Waals surface area contributed by atoms with E-state index < -0.39 is 0 Å². The molecule has 0 saturated carbocycles. The molecular weight excluding hydrogens is 238 g/mol. The Morgan fingerprint density at radius 3 is 2.74 bits per heavy atom. The van der Waals surface area contributed by atoms with Gasteiger partial charge in [-0.05, 0) is 46.1 Å². The Labute approximate surface area is 118 Å². The molecule has 1 aliphatic heterocycles. The minimum absolute atomic E-state index is 0.157. The van der Waals surface area contributed by atoms with Crippen LogP contribution in [0.5, 0.6) is 0 Å². The first kappa shape index (κ1) is 16.4. The summed E-state index contributed by atoms with van der Waals surface area (Å²) in [5.41, 5.74) is 0. The largest absolute Gasteiger partial charge is 0.354 e. The smallest absolute Gasteiger partial charge is 0.221 e. The lowest BCUT2D eigenvalue weighted by atomic mass is 9.99. The first-order chi connectivity index (χ1) is 9.11. The molecule has 4 heteroatoms. The van der Waals surface area contributed by atoms with Gasteiger partial charge in [0, 0.05) is 31.1 Å². The molecule has 0 spiro atoms. The highest BCUT2D eigenvalue weighted by atomic mass is 16.1. The van der Waals surface area contributed by atoms with Crippen LogP contribution in [0.3, 0.4) is 0 Å². The topological polar surface area (TPSA) is 53.2 Å². The highest BCUT2D eigenvalue weighted by Crippen LogP contribution is 2.11. The molecule has 1 fully saturated rings. The van der Waals surface area contributed by atoms with Crippen LogP contribution in [0.15, 0.2) is 0 Å². The summed E-state index contributed by atoms with van der Waals surface area (Å²) in [6.45, 7) is 8.28. The second-order valence-electron chi connectivity index (χ2n) is 5.86. The molecule has 1 heterocycles. The zero-order chi connectivity index (χ0) is 14.1. The van der Waals surface area contributed by atoms with Crippen molar-refractivity contribution in [2.24, 2.45) is 0 Å². The van der Waals surface area contributed by atoms with Gasteiger partial charge in [-0.15, -0.1) is 0 Å². The van der Waals surface area contributed by atoms with Gasteiger partial charge in [-0.1, -0.05) is 13.3 Å². The third-order valence-corrected chi connectivity index (χ3v) is 3.92. The summed E-state index contributed by atoms with van der Waals surface area (Å²) < 4.78 is 0. The lowest BCUT2D eigenvalue weighted by Gasteiger charge is -2.26. The number of carbonyl (C=O) groups excluding carboxylic acids is 1. The van der Waals surface area contributed by atoms with Gasteiger partial charge in [0.2, 0.25) is 5.91 Å². The van der Waals surface area contributed by atoms with Gasteiger partial charge in [-0.3, -0.25) is 4.79 Å². The minimum atomic E-state index is 0.157. The first-order valence-electron chi connectivity index (χ1n) is 7.88. The van der Waals surface area contributed by atoms with Crippen molar-refractivity contribution < 1.29 is 4.79 Å². The SMILES string of the molecule is CCC(C)NC(=O)CCNC(C)CC1CCCCN1. The molecule has 4 nitrogen and oxygen atoms in total. The van der Waals surface area contributed by atoms with Crippen LogP contribution in [0, 0.1) is 0 Å². The fourth-order valence-corrected chi connectivity index (χ4v) is 2.52. The molecule has 0 aromatic heterocycles. The molecule has 3 unspecified atom stereocenters. The summed E-state index contributed by atoms with van der Waals surface area (Å²) in [5.74, 6) is 0.157. The molecule has 1 aliphatic rings. The summed E-state index contributed by atoms with van der Waals surface area (Å²) in [5, 5.41) is 10.0. The van der Waals surface area contributed by atoms with Crippen molar-refractivity contribution in [2.75, 3.05) is 13.1 Å². The van der Waals surface area contributed by atoms with Gasteiger partial charge in [0.05, 0.1) is 0 Å². The number of nitrogens with one attached hydrogen (secondary N) is 3. The van der Waals surface area contributed by atoms with E-state index in [0.717, 1.165) is 25.9 Å². The number of amides is 1. The normalized spacial score (nSPS) is 22.8. The average Bonchev–Trinajstić information content (AvgIpc) is 2.39. The molecule has 3 atom stereocenters. The molecular formula is C15H31N3O. The van der Waals surface area contributed by atoms with Gasteiger partial charge in [0.15, 0.2) is 0 Å². The van der Waals surface area contributed by atoms with Gasteiger partial charge in [-0.2, -0.15) is 0 Å². The van der Waals surface area contributed by atoms with Gasteiger partial charge < -0.3 is 16.0 Å². The van der Waals surface area contributed by atoms with Crippen LogP contribution in [-0.2, 0) is 4.79 Å². The molecule has 19 heavy (non-hydrogen) atoms. The Morgan fingerprint density at radius 1 is 1.32 bits per heavy atom. The molecule has 0 aromatic rings. The van der Waals surface area contributed by atoms with Crippen LogP contribution in [0.1, 0.15) is 59.3 Å². The van der Waals surface area contributed by atoms with E-state index in [1.807, 2.05) is 6.92 Å². The summed E-state index contributed by atoms with van der Waals surface area (Å²) in [4.78, 5) is 11.6. The fourth-order valence-electron chi connectivity index (χ4n) is 2.52. The third kappa shape index (κ3) is 7.53. The Hall–Kier alpha value is -0.610. The summed E-state index contributed by atoms with van der Waals surface area (Å²) in [6, 6.07) is 1.42. The van der Waals surface area contributed by atoms with Gasteiger partial charge in [-0.25, -0.2) is 0 Å². The Morgan fingerprint density at radius 2 is 2.11 bits per heavy atom. The lowest BCUT2D eigenvalue weighted by molar-refractivity contribution is -0.121. The monoisotopic (exact) mass is 269 g/mol. The molecule has 0 aromatic carbocycles. The van der Waals surface area contributed by atoms with Crippen molar-refractivity contribution in [1.29, 1.82) is 0 Å². The van der Waals surface area contributed by atoms with E-state index in [1.54, 1.807) is 0 Å². The molecule has 112 valence electrons. The van der Waals surface area contributed by atoms with Crippen molar-refractivity contribution in [3.63, 3.8) is 0 Å². The molecule has 0 aliphatic carbocycles. The number of carbonyl (C=O) groups is 1. The molecule has 0 radical (unpaired) electrons. The predicted octanol–water partition coefficient (Wildman–Crippen LogP) is 1.80. The fraction of sp³-hybridized carbons (Fsp3) is 0.933. The van der Waals surface area contributed by atoms with Crippen LogP contribution in [0.4, 0.5) is 0 Å². The predicted molar refractivity (Wildman–Crippen MR) is 80.2 cm³/mol. The Kier molecular flexibility index (Phi) is 8.07. The third-order valence-electron chi connectivity index (χ3n) is 3.92. The van der Waals surface area contributed by atoms with Crippen molar-refractivity contribution in [2.45, 2.75) is 77.4 Å². The highest BCUT2D eigenvalue weighted by Gasteiger charge is 2.15. The van der Waals surface area contributed by atoms with E-state index in [0.29, 0.717) is 18.5 Å². The minimum Gasteiger partial charge on any atom is -0.354 e. The molecule has 0 bridgehead atoms. The van der Waals surface area contributed by atoms with Crippen molar-refractivity contribution >= 4 is 5.91 Å². The lowest BCUT2D eigenvalue weighted by Crippen LogP contribution is -2.41. The van der Waals surface area contributed by atoms with E-state index in [4.69, 9.17) is 0 Å². The number of rotatable bonds is 8. The van der Waals surface area contributed by atoms with E-state index in [1.165, 1.54) is 19.3 Å². The van der Waals surface area contributed by atoms with Crippen LogP contribution < -0.4 is 16.0 Å². The van der Waals surface area contributed by atoms with E-state index in [9.17, 15) is 4.79 Å². The van der Waals surface area contributed by atoms with Crippen LogP contribution in [-0.4, -0.2) is 37.1 Å². The molecule has 1 rings (SSSR count). The zero-order valence-corrected chi connectivity index (χ0v) is 12.8. The van der Waals surface area contributed by atoms with Crippen LogP contribution in [0.2, 0.25) is 0 Å². The van der Waals surface area contributed by atoms with Gasteiger partial charge >= 0.3 is 0 Å². The number of hydrogen-bond acceptors (Lipinski definition) is 3. The van der Waals surface area contributed by atoms with E-state index in [-0.39, 0.29) is 11.9 Å².